The maximum Gasteiger partial charge on any atom is 1.00 e. The molecule has 0 fully saturated rings. The minimum absolute atomic E-state index is 0. The van der Waals surface area contributed by atoms with E-state index in [1.165, 1.54) is 6.07 Å². The third-order valence-electron chi connectivity index (χ3n) is 2.36. The first-order valence-corrected chi connectivity index (χ1v) is 6.79. The number of halogens is 2. The monoisotopic (exact) mass is 369 g/mol. The van der Waals surface area contributed by atoms with Crippen molar-refractivity contribution in [2.75, 3.05) is 18.5 Å². The minimum Gasteiger partial charge on any atom is -0.613 e. The van der Waals surface area contributed by atoms with Gasteiger partial charge in [0.05, 0.1) is 12.6 Å². The molecule has 23 heavy (non-hydrogen) atoms. The molecule has 0 radical (unpaired) electrons. The maximum absolute atomic E-state index is 13.1. The standard InChI is InChI=1S/C14H15F2NO4S.K/c1-3-20-13(18)11(14(19)21-4-2)12(22)17-8-5-6-9(15)10(16)7-8;/h5-7,18H,3-4H2,1-2H3,(H,17,22);/q;+1/p-1/b13-11-;. The van der Waals surface area contributed by atoms with Gasteiger partial charge in [-0.15, -0.1) is 0 Å². The maximum atomic E-state index is 13.1. The summed E-state index contributed by atoms with van der Waals surface area (Å²) < 4.78 is 35.5. The number of hydrogen-bond acceptors (Lipinski definition) is 5. The van der Waals surface area contributed by atoms with Crippen molar-refractivity contribution in [3.8, 4) is 0 Å². The van der Waals surface area contributed by atoms with E-state index in [4.69, 9.17) is 21.7 Å². The summed E-state index contributed by atoms with van der Waals surface area (Å²) in [5.74, 6) is -4.04. The molecule has 0 amide bonds. The molecule has 5 nitrogen and oxygen atoms in total. The zero-order valence-corrected chi connectivity index (χ0v) is 16.9. The second kappa shape index (κ2) is 11.1. The predicted octanol–water partition coefficient (Wildman–Crippen LogP) is -1.12. The van der Waals surface area contributed by atoms with Gasteiger partial charge in [-0.25, -0.2) is 13.6 Å². The van der Waals surface area contributed by atoms with Gasteiger partial charge in [-0.2, -0.15) is 0 Å². The van der Waals surface area contributed by atoms with Crippen molar-refractivity contribution in [2.24, 2.45) is 0 Å². The quantitative estimate of drug-likeness (QED) is 0.225. The van der Waals surface area contributed by atoms with Gasteiger partial charge in [-0.05, 0) is 25.7 Å². The van der Waals surface area contributed by atoms with Gasteiger partial charge in [0.1, 0.15) is 10.6 Å². The van der Waals surface area contributed by atoms with Crippen LogP contribution in [0, 0.1) is 11.6 Å². The van der Waals surface area contributed by atoms with Gasteiger partial charge in [0.2, 0.25) is 0 Å². The number of carbonyl (C=O) groups excluding carboxylic acids is 1. The van der Waals surface area contributed by atoms with Crippen LogP contribution in [0.4, 0.5) is 14.5 Å². The number of hydrogen-bond donors (Lipinski definition) is 1. The number of rotatable bonds is 6. The Morgan fingerprint density at radius 2 is 1.83 bits per heavy atom. The Morgan fingerprint density at radius 3 is 2.35 bits per heavy atom. The summed E-state index contributed by atoms with van der Waals surface area (Å²) in [6.07, 6.45) is 0. The molecule has 0 aliphatic carbocycles. The van der Waals surface area contributed by atoms with Crippen LogP contribution in [0.15, 0.2) is 29.7 Å². The van der Waals surface area contributed by atoms with E-state index in [9.17, 15) is 18.7 Å². The Bertz CT molecular complexity index is 610. The van der Waals surface area contributed by atoms with E-state index in [2.05, 4.69) is 5.32 Å². The average molecular weight is 369 g/mol. The SMILES string of the molecule is CCOC(=O)/C(C(=S)Nc1ccc(F)c(F)c1)=C(/[O-])OCC.[K+]. The summed E-state index contributed by atoms with van der Waals surface area (Å²) in [5.41, 5.74) is -0.432. The minimum atomic E-state index is -1.10. The molecule has 0 atom stereocenters. The van der Waals surface area contributed by atoms with Crippen LogP contribution in [0.25, 0.3) is 0 Å². The van der Waals surface area contributed by atoms with E-state index in [1.54, 1.807) is 13.8 Å². The van der Waals surface area contributed by atoms with Gasteiger partial charge in [0.25, 0.3) is 0 Å². The van der Waals surface area contributed by atoms with Gasteiger partial charge in [0, 0.05) is 11.8 Å². The largest absolute Gasteiger partial charge is 1.00 e. The molecule has 1 rings (SSSR count). The van der Waals surface area contributed by atoms with Crippen molar-refractivity contribution in [3.63, 3.8) is 0 Å². The van der Waals surface area contributed by atoms with Crippen LogP contribution < -0.4 is 61.8 Å². The molecule has 1 aromatic rings. The van der Waals surface area contributed by atoms with Gasteiger partial charge >= 0.3 is 57.4 Å². The van der Waals surface area contributed by atoms with Crippen molar-refractivity contribution in [1.82, 2.24) is 0 Å². The van der Waals surface area contributed by atoms with Crippen LogP contribution in [0.3, 0.4) is 0 Å². The van der Waals surface area contributed by atoms with Crippen LogP contribution in [0.5, 0.6) is 0 Å². The molecule has 0 spiro atoms. The van der Waals surface area contributed by atoms with Crippen LogP contribution in [-0.4, -0.2) is 24.2 Å². The molecule has 0 saturated carbocycles. The second-order valence-electron chi connectivity index (χ2n) is 3.90. The van der Waals surface area contributed by atoms with E-state index >= 15 is 0 Å². The van der Waals surface area contributed by atoms with E-state index < -0.39 is 29.1 Å². The van der Waals surface area contributed by atoms with E-state index in [0.29, 0.717) is 0 Å². The van der Waals surface area contributed by atoms with Crippen molar-refractivity contribution < 1.29 is 79.5 Å². The zero-order chi connectivity index (χ0) is 16.7. The average Bonchev–Trinajstić information content (AvgIpc) is 2.43. The first-order valence-electron chi connectivity index (χ1n) is 6.38. The summed E-state index contributed by atoms with van der Waals surface area (Å²) in [6, 6.07) is 2.93. The molecule has 1 aromatic carbocycles. The van der Waals surface area contributed by atoms with Crippen LogP contribution in [0.1, 0.15) is 13.8 Å². The number of ether oxygens (including phenoxy) is 2. The van der Waals surface area contributed by atoms with Crippen LogP contribution in [0.2, 0.25) is 0 Å². The molecule has 0 aliphatic heterocycles. The smallest absolute Gasteiger partial charge is 0.613 e. The van der Waals surface area contributed by atoms with Crippen molar-refractivity contribution >= 4 is 28.9 Å². The van der Waals surface area contributed by atoms with E-state index in [-0.39, 0.29) is 75.3 Å². The number of nitrogens with one attached hydrogen (secondary N) is 1. The summed E-state index contributed by atoms with van der Waals surface area (Å²) in [6.45, 7) is 3.20. The topological polar surface area (TPSA) is 70.6 Å². The fraction of sp³-hybridized carbons (Fsp3) is 0.286. The first-order chi connectivity index (χ1) is 10.4. The summed E-state index contributed by atoms with van der Waals surface area (Å²) >= 11 is 4.95. The molecule has 1 N–H and O–H groups in total. The molecule has 0 bridgehead atoms. The molecule has 0 aliphatic rings. The third kappa shape index (κ3) is 6.82. The Kier molecular flexibility index (Phi) is 10.8. The zero-order valence-electron chi connectivity index (χ0n) is 12.9. The van der Waals surface area contributed by atoms with Gasteiger partial charge in [-0.3, -0.25) is 0 Å². The van der Waals surface area contributed by atoms with Gasteiger partial charge < -0.3 is 19.9 Å². The fourth-order valence-electron chi connectivity index (χ4n) is 1.44. The van der Waals surface area contributed by atoms with Crippen LogP contribution >= 0.6 is 12.2 Å². The Balaban J connectivity index is 0.00000484. The summed E-state index contributed by atoms with van der Waals surface area (Å²) in [7, 11) is 0. The van der Waals surface area contributed by atoms with E-state index in [0.717, 1.165) is 12.1 Å². The second-order valence-corrected chi connectivity index (χ2v) is 4.31. The van der Waals surface area contributed by atoms with Gasteiger partial charge in [0.15, 0.2) is 11.6 Å². The molecule has 0 aromatic heterocycles. The number of thiocarbonyl (C=S) groups is 1. The number of esters is 1. The molecule has 0 saturated heterocycles. The Hall–Kier alpha value is -0.584. The number of carbonyl (C=O) groups is 1. The Labute approximate surface area is 180 Å². The number of benzene rings is 1. The van der Waals surface area contributed by atoms with Gasteiger partial charge in [-0.1, -0.05) is 19.1 Å². The van der Waals surface area contributed by atoms with Crippen molar-refractivity contribution in [1.29, 1.82) is 0 Å². The summed E-state index contributed by atoms with van der Waals surface area (Å²) in [4.78, 5) is 11.5. The Morgan fingerprint density at radius 1 is 1.22 bits per heavy atom. The third-order valence-corrected chi connectivity index (χ3v) is 2.67. The van der Waals surface area contributed by atoms with Crippen LogP contribution in [-0.2, 0) is 14.3 Å². The fourth-order valence-corrected chi connectivity index (χ4v) is 1.73. The molecule has 0 unspecified atom stereocenters. The van der Waals surface area contributed by atoms with E-state index in [1.807, 2.05) is 0 Å². The van der Waals surface area contributed by atoms with Crippen molar-refractivity contribution in [3.05, 3.63) is 41.4 Å². The molecule has 0 heterocycles. The molecular formula is C14H14F2KNO4S. The predicted molar refractivity (Wildman–Crippen MR) is 77.9 cm³/mol. The molecule has 9 heteroatoms. The van der Waals surface area contributed by atoms with Crippen molar-refractivity contribution in [2.45, 2.75) is 13.8 Å². The normalized spacial score (nSPS) is 11.0. The molecule has 120 valence electrons. The number of anilines is 1. The molecular weight excluding hydrogens is 355 g/mol. The summed E-state index contributed by atoms with van der Waals surface area (Å²) in [5, 5.41) is 14.3. The first kappa shape index (κ1) is 22.4.